The van der Waals surface area contributed by atoms with Gasteiger partial charge in [-0.25, -0.2) is 0 Å². The Hall–Kier alpha value is -0.610. The van der Waals surface area contributed by atoms with Gasteiger partial charge in [0.25, 0.3) is 0 Å². The molecular formula is C16H31N3O. The van der Waals surface area contributed by atoms with Crippen LogP contribution in [0.4, 0.5) is 0 Å². The molecule has 1 heterocycles. The van der Waals surface area contributed by atoms with Gasteiger partial charge in [-0.3, -0.25) is 9.69 Å². The van der Waals surface area contributed by atoms with E-state index in [9.17, 15) is 4.79 Å². The predicted molar refractivity (Wildman–Crippen MR) is 82.4 cm³/mol. The summed E-state index contributed by atoms with van der Waals surface area (Å²) in [5, 5.41) is 0. The van der Waals surface area contributed by atoms with Crippen molar-refractivity contribution in [3.63, 3.8) is 0 Å². The molecule has 1 amide bonds. The Morgan fingerprint density at radius 2 is 1.90 bits per heavy atom. The minimum atomic E-state index is 0.204. The Labute approximate surface area is 123 Å². The van der Waals surface area contributed by atoms with Crippen LogP contribution in [-0.2, 0) is 4.79 Å². The molecule has 0 bridgehead atoms. The summed E-state index contributed by atoms with van der Waals surface area (Å²) in [7, 11) is 0. The van der Waals surface area contributed by atoms with Gasteiger partial charge < -0.3 is 10.6 Å². The van der Waals surface area contributed by atoms with Crippen molar-refractivity contribution >= 4 is 5.91 Å². The topological polar surface area (TPSA) is 49.6 Å². The highest BCUT2D eigenvalue weighted by Crippen LogP contribution is 2.43. The van der Waals surface area contributed by atoms with Crippen LogP contribution in [0.1, 0.15) is 46.0 Å². The summed E-state index contributed by atoms with van der Waals surface area (Å²) in [4.78, 5) is 17.3. The van der Waals surface area contributed by atoms with Gasteiger partial charge >= 0.3 is 0 Å². The molecule has 0 radical (unpaired) electrons. The quantitative estimate of drug-likeness (QED) is 0.780. The molecular weight excluding hydrogens is 250 g/mol. The summed E-state index contributed by atoms with van der Waals surface area (Å²) in [5.41, 5.74) is 5.73. The SMILES string of the molecule is CC1(C)CCCC1C(=O)N1CCN(CCCCN)CC1. The fourth-order valence-corrected chi connectivity index (χ4v) is 3.68. The Kier molecular flexibility index (Phi) is 5.44. The number of carbonyl (C=O) groups excluding carboxylic acids is 1. The normalized spacial score (nSPS) is 26.9. The molecule has 2 aliphatic rings. The molecule has 2 N–H and O–H groups in total. The first-order valence-electron chi connectivity index (χ1n) is 8.26. The smallest absolute Gasteiger partial charge is 0.226 e. The lowest BCUT2D eigenvalue weighted by atomic mass is 9.81. The van der Waals surface area contributed by atoms with E-state index in [4.69, 9.17) is 5.73 Å². The fraction of sp³-hybridized carbons (Fsp3) is 0.938. The predicted octanol–water partition coefficient (Wildman–Crippen LogP) is 1.70. The second-order valence-electron chi connectivity index (χ2n) is 7.10. The standard InChI is InChI=1S/C16H31N3O/c1-16(2)7-5-6-14(16)15(20)19-12-10-18(11-13-19)9-4-3-8-17/h14H,3-13,17H2,1-2H3. The number of rotatable bonds is 5. The van der Waals surface area contributed by atoms with Crippen molar-refractivity contribution in [1.82, 2.24) is 9.80 Å². The zero-order chi connectivity index (χ0) is 14.6. The largest absolute Gasteiger partial charge is 0.340 e. The molecule has 0 aromatic heterocycles. The maximum absolute atomic E-state index is 12.7. The molecule has 0 spiro atoms. The Morgan fingerprint density at radius 3 is 2.45 bits per heavy atom. The highest BCUT2D eigenvalue weighted by Gasteiger charge is 2.41. The monoisotopic (exact) mass is 281 g/mol. The van der Waals surface area contributed by atoms with Crippen molar-refractivity contribution in [3.05, 3.63) is 0 Å². The minimum absolute atomic E-state index is 0.204. The van der Waals surface area contributed by atoms with E-state index >= 15 is 0 Å². The summed E-state index contributed by atoms with van der Waals surface area (Å²) in [5.74, 6) is 0.667. The average molecular weight is 281 g/mol. The summed E-state index contributed by atoms with van der Waals surface area (Å²) >= 11 is 0. The van der Waals surface area contributed by atoms with E-state index in [0.29, 0.717) is 5.91 Å². The van der Waals surface area contributed by atoms with E-state index in [1.165, 1.54) is 19.3 Å². The number of hydrogen-bond donors (Lipinski definition) is 1. The van der Waals surface area contributed by atoms with Crippen LogP contribution < -0.4 is 5.73 Å². The number of amides is 1. The van der Waals surface area contributed by atoms with Crippen molar-refractivity contribution in [2.75, 3.05) is 39.3 Å². The van der Waals surface area contributed by atoms with Gasteiger partial charge in [0.2, 0.25) is 5.91 Å². The molecule has 1 unspecified atom stereocenters. The van der Waals surface area contributed by atoms with Gasteiger partial charge in [0.1, 0.15) is 0 Å². The van der Waals surface area contributed by atoms with E-state index in [-0.39, 0.29) is 11.3 Å². The molecule has 1 saturated carbocycles. The summed E-state index contributed by atoms with van der Waals surface area (Å²) < 4.78 is 0. The average Bonchev–Trinajstić information content (AvgIpc) is 2.79. The Bertz CT molecular complexity index is 322. The first kappa shape index (κ1) is 15.8. The fourth-order valence-electron chi connectivity index (χ4n) is 3.68. The van der Waals surface area contributed by atoms with Crippen LogP contribution >= 0.6 is 0 Å². The molecule has 1 saturated heterocycles. The number of unbranched alkanes of at least 4 members (excludes halogenated alkanes) is 1. The molecule has 4 nitrogen and oxygen atoms in total. The first-order valence-corrected chi connectivity index (χ1v) is 8.26. The van der Waals surface area contributed by atoms with E-state index in [0.717, 1.165) is 52.1 Å². The van der Waals surface area contributed by atoms with Crippen LogP contribution in [0.25, 0.3) is 0 Å². The molecule has 1 aliphatic heterocycles. The summed E-state index contributed by atoms with van der Waals surface area (Å²) in [6.45, 7) is 10.3. The molecule has 2 fully saturated rings. The van der Waals surface area contributed by atoms with Crippen molar-refractivity contribution < 1.29 is 4.79 Å². The van der Waals surface area contributed by atoms with Crippen LogP contribution in [0.5, 0.6) is 0 Å². The van der Waals surface area contributed by atoms with Crippen LogP contribution in [0.2, 0.25) is 0 Å². The lowest BCUT2D eigenvalue weighted by Gasteiger charge is -2.38. The molecule has 20 heavy (non-hydrogen) atoms. The van der Waals surface area contributed by atoms with Gasteiger partial charge in [0.05, 0.1) is 0 Å². The van der Waals surface area contributed by atoms with Crippen molar-refractivity contribution in [1.29, 1.82) is 0 Å². The Balaban J connectivity index is 1.77. The lowest BCUT2D eigenvalue weighted by molar-refractivity contribution is -0.140. The molecule has 1 aliphatic carbocycles. The molecule has 116 valence electrons. The van der Waals surface area contributed by atoms with Crippen molar-refractivity contribution in [3.8, 4) is 0 Å². The molecule has 2 rings (SSSR count). The molecule has 0 aromatic rings. The van der Waals surface area contributed by atoms with Gasteiger partial charge in [0, 0.05) is 32.1 Å². The number of hydrogen-bond acceptors (Lipinski definition) is 3. The van der Waals surface area contributed by atoms with Crippen LogP contribution in [0.3, 0.4) is 0 Å². The van der Waals surface area contributed by atoms with Crippen LogP contribution in [-0.4, -0.2) is 55.0 Å². The van der Waals surface area contributed by atoms with Gasteiger partial charge in [-0.15, -0.1) is 0 Å². The number of nitrogens with zero attached hydrogens (tertiary/aromatic N) is 2. The maximum atomic E-state index is 12.7. The van der Waals surface area contributed by atoms with Crippen LogP contribution in [0, 0.1) is 11.3 Å². The zero-order valence-corrected chi connectivity index (χ0v) is 13.2. The third-order valence-corrected chi connectivity index (χ3v) is 5.17. The van der Waals surface area contributed by atoms with Gasteiger partial charge in [-0.2, -0.15) is 0 Å². The second kappa shape index (κ2) is 6.90. The van der Waals surface area contributed by atoms with Crippen LogP contribution in [0.15, 0.2) is 0 Å². The highest BCUT2D eigenvalue weighted by atomic mass is 16.2. The number of piperazine rings is 1. The maximum Gasteiger partial charge on any atom is 0.226 e. The van der Waals surface area contributed by atoms with Crippen molar-refractivity contribution in [2.45, 2.75) is 46.0 Å². The summed E-state index contributed by atoms with van der Waals surface area (Å²) in [6.07, 6.45) is 5.78. The third-order valence-electron chi connectivity index (χ3n) is 5.17. The van der Waals surface area contributed by atoms with Gasteiger partial charge in [-0.1, -0.05) is 20.3 Å². The first-order chi connectivity index (χ1) is 9.54. The van der Waals surface area contributed by atoms with Crippen molar-refractivity contribution in [2.24, 2.45) is 17.1 Å². The highest BCUT2D eigenvalue weighted by molar-refractivity contribution is 5.80. The van der Waals surface area contributed by atoms with E-state index < -0.39 is 0 Å². The molecule has 1 atom stereocenters. The van der Waals surface area contributed by atoms with E-state index in [1.54, 1.807) is 0 Å². The minimum Gasteiger partial charge on any atom is -0.340 e. The van der Waals surface area contributed by atoms with E-state index in [1.807, 2.05) is 0 Å². The second-order valence-corrected chi connectivity index (χ2v) is 7.10. The number of nitrogens with two attached hydrogens (primary N) is 1. The Morgan fingerprint density at radius 1 is 1.20 bits per heavy atom. The lowest BCUT2D eigenvalue weighted by Crippen LogP contribution is -2.51. The zero-order valence-electron chi connectivity index (χ0n) is 13.2. The van der Waals surface area contributed by atoms with Gasteiger partial charge in [0.15, 0.2) is 0 Å². The van der Waals surface area contributed by atoms with Gasteiger partial charge in [-0.05, 0) is 44.2 Å². The third kappa shape index (κ3) is 3.73. The molecule has 4 heteroatoms. The molecule has 0 aromatic carbocycles. The van der Waals surface area contributed by atoms with E-state index in [2.05, 4.69) is 23.6 Å². The summed E-state index contributed by atoms with van der Waals surface area (Å²) in [6, 6.07) is 0. The number of carbonyl (C=O) groups is 1.